The SMILES string of the molecule is CNCCNC(=O)CCn1[nH]c(=O)c2ccccc2c1=O. The van der Waals surface area contributed by atoms with Crippen LogP contribution >= 0.6 is 0 Å². The fourth-order valence-electron chi connectivity index (χ4n) is 2.03. The van der Waals surface area contributed by atoms with Crippen molar-refractivity contribution >= 4 is 16.7 Å². The van der Waals surface area contributed by atoms with Crippen molar-refractivity contribution in [3.8, 4) is 0 Å². The second kappa shape index (κ2) is 6.85. The number of carbonyl (C=O) groups excluding carboxylic acids is 1. The van der Waals surface area contributed by atoms with E-state index < -0.39 is 0 Å². The first kappa shape index (κ1) is 15.0. The number of rotatable bonds is 6. The highest BCUT2D eigenvalue weighted by molar-refractivity contribution is 5.80. The zero-order valence-corrected chi connectivity index (χ0v) is 11.8. The first-order chi connectivity index (χ1) is 10.1. The van der Waals surface area contributed by atoms with Gasteiger partial charge in [0.1, 0.15) is 0 Å². The second-order valence-corrected chi connectivity index (χ2v) is 4.65. The number of aryl methyl sites for hydroxylation is 1. The van der Waals surface area contributed by atoms with Gasteiger partial charge in [0, 0.05) is 19.5 Å². The molecule has 0 radical (unpaired) electrons. The van der Waals surface area contributed by atoms with Crippen LogP contribution in [0.3, 0.4) is 0 Å². The molecule has 1 heterocycles. The molecule has 0 fully saturated rings. The predicted molar refractivity (Wildman–Crippen MR) is 80.4 cm³/mol. The Morgan fingerprint density at radius 1 is 1.19 bits per heavy atom. The predicted octanol–water partition coefficient (Wildman–Crippen LogP) is -0.584. The molecule has 1 amide bonds. The molecule has 3 N–H and O–H groups in total. The molecule has 7 heteroatoms. The molecule has 0 aliphatic carbocycles. The van der Waals surface area contributed by atoms with E-state index in [0.717, 1.165) is 0 Å². The van der Waals surface area contributed by atoms with Gasteiger partial charge in [-0.25, -0.2) is 4.68 Å². The molecule has 112 valence electrons. The number of fused-ring (bicyclic) bond motifs is 1. The van der Waals surface area contributed by atoms with Crippen molar-refractivity contribution in [2.24, 2.45) is 0 Å². The highest BCUT2D eigenvalue weighted by atomic mass is 16.2. The average Bonchev–Trinajstić information content (AvgIpc) is 2.50. The van der Waals surface area contributed by atoms with Gasteiger partial charge in [0.15, 0.2) is 0 Å². The van der Waals surface area contributed by atoms with E-state index in [1.807, 2.05) is 0 Å². The minimum Gasteiger partial charge on any atom is -0.355 e. The summed E-state index contributed by atoms with van der Waals surface area (Å²) in [6.45, 7) is 1.35. The van der Waals surface area contributed by atoms with Crippen molar-refractivity contribution in [3.05, 3.63) is 45.0 Å². The molecule has 21 heavy (non-hydrogen) atoms. The normalized spacial score (nSPS) is 10.7. The van der Waals surface area contributed by atoms with E-state index in [9.17, 15) is 14.4 Å². The van der Waals surface area contributed by atoms with Crippen molar-refractivity contribution in [3.63, 3.8) is 0 Å². The molecule has 0 spiro atoms. The first-order valence-electron chi connectivity index (χ1n) is 6.76. The summed E-state index contributed by atoms with van der Waals surface area (Å²) in [4.78, 5) is 35.7. The van der Waals surface area contributed by atoms with E-state index in [4.69, 9.17) is 0 Å². The van der Waals surface area contributed by atoms with Crippen molar-refractivity contribution < 1.29 is 4.79 Å². The number of likely N-dealkylation sites (N-methyl/N-ethyl adjacent to an activating group) is 1. The molecule has 2 rings (SSSR count). The third-order valence-electron chi connectivity index (χ3n) is 3.14. The van der Waals surface area contributed by atoms with Crippen molar-refractivity contribution in [2.75, 3.05) is 20.1 Å². The summed E-state index contributed by atoms with van der Waals surface area (Å²) in [6.07, 6.45) is 0.137. The van der Waals surface area contributed by atoms with Crippen LogP contribution in [0.5, 0.6) is 0 Å². The number of amides is 1. The van der Waals surface area contributed by atoms with Gasteiger partial charge < -0.3 is 10.6 Å². The number of hydrogen-bond donors (Lipinski definition) is 3. The monoisotopic (exact) mass is 290 g/mol. The van der Waals surface area contributed by atoms with Crippen molar-refractivity contribution in [2.45, 2.75) is 13.0 Å². The maximum atomic E-state index is 12.2. The Kier molecular flexibility index (Phi) is 4.89. The maximum absolute atomic E-state index is 12.2. The largest absolute Gasteiger partial charge is 0.355 e. The average molecular weight is 290 g/mol. The standard InChI is InChI=1S/C14H18N4O3/c1-15-7-8-16-12(19)6-9-18-14(21)11-5-3-2-4-10(11)13(20)17-18/h2-5,15H,6-9H2,1H3,(H,16,19)(H,17,20). The minimum atomic E-state index is -0.333. The van der Waals surface area contributed by atoms with E-state index in [1.54, 1.807) is 31.3 Å². The zero-order valence-electron chi connectivity index (χ0n) is 11.8. The van der Waals surface area contributed by atoms with Crippen LogP contribution in [-0.4, -0.2) is 35.8 Å². The Bertz CT molecular complexity index is 748. The molecule has 7 nitrogen and oxygen atoms in total. The second-order valence-electron chi connectivity index (χ2n) is 4.65. The summed E-state index contributed by atoms with van der Waals surface area (Å²) < 4.78 is 1.18. The Morgan fingerprint density at radius 2 is 1.90 bits per heavy atom. The highest BCUT2D eigenvalue weighted by Crippen LogP contribution is 2.02. The molecule has 1 aromatic carbocycles. The molecular formula is C14H18N4O3. The molecular weight excluding hydrogens is 272 g/mol. The Morgan fingerprint density at radius 3 is 2.62 bits per heavy atom. The van der Waals surface area contributed by atoms with Crippen LogP contribution in [0.15, 0.2) is 33.9 Å². The summed E-state index contributed by atoms with van der Waals surface area (Å²) in [5.74, 6) is -0.161. The Hall–Kier alpha value is -2.41. The summed E-state index contributed by atoms with van der Waals surface area (Å²) in [7, 11) is 1.80. The first-order valence-corrected chi connectivity index (χ1v) is 6.76. The molecule has 0 bridgehead atoms. The van der Waals surface area contributed by atoms with Gasteiger partial charge in [-0.05, 0) is 19.2 Å². The third-order valence-corrected chi connectivity index (χ3v) is 3.14. The Balaban J connectivity index is 2.13. The van der Waals surface area contributed by atoms with Crippen molar-refractivity contribution in [1.82, 2.24) is 20.4 Å². The minimum absolute atomic E-state index is 0.137. The number of nitrogens with one attached hydrogen (secondary N) is 3. The van der Waals surface area contributed by atoms with Crippen LogP contribution in [0.4, 0.5) is 0 Å². The van der Waals surface area contributed by atoms with Gasteiger partial charge in [0.05, 0.1) is 17.3 Å². The smallest absolute Gasteiger partial charge is 0.273 e. The van der Waals surface area contributed by atoms with E-state index in [0.29, 0.717) is 23.9 Å². The van der Waals surface area contributed by atoms with Gasteiger partial charge in [-0.15, -0.1) is 0 Å². The van der Waals surface area contributed by atoms with Gasteiger partial charge in [0.2, 0.25) is 5.91 Å². The number of aromatic amines is 1. The molecule has 0 aliphatic rings. The number of benzene rings is 1. The number of hydrogen-bond acceptors (Lipinski definition) is 4. The molecule has 0 saturated heterocycles. The van der Waals surface area contributed by atoms with Crippen LogP contribution in [0.1, 0.15) is 6.42 Å². The van der Waals surface area contributed by atoms with Gasteiger partial charge >= 0.3 is 0 Å². The highest BCUT2D eigenvalue weighted by Gasteiger charge is 2.08. The number of carbonyl (C=O) groups is 1. The van der Waals surface area contributed by atoms with Crippen LogP contribution in [-0.2, 0) is 11.3 Å². The summed E-state index contributed by atoms with van der Waals surface area (Å²) >= 11 is 0. The summed E-state index contributed by atoms with van der Waals surface area (Å²) in [6, 6.07) is 6.62. The molecule has 0 unspecified atom stereocenters. The van der Waals surface area contributed by atoms with Crippen LogP contribution in [0.25, 0.3) is 10.8 Å². The van der Waals surface area contributed by atoms with E-state index in [-0.39, 0.29) is 30.0 Å². The molecule has 0 atom stereocenters. The number of nitrogens with zero attached hydrogens (tertiary/aromatic N) is 1. The lowest BCUT2D eigenvalue weighted by atomic mass is 10.2. The van der Waals surface area contributed by atoms with Gasteiger partial charge in [-0.1, -0.05) is 12.1 Å². The third kappa shape index (κ3) is 3.57. The maximum Gasteiger partial charge on any atom is 0.273 e. The lowest BCUT2D eigenvalue weighted by Crippen LogP contribution is -2.34. The molecule has 1 aromatic heterocycles. The lowest BCUT2D eigenvalue weighted by Gasteiger charge is -2.08. The van der Waals surface area contributed by atoms with Crippen LogP contribution in [0, 0.1) is 0 Å². The fourth-order valence-corrected chi connectivity index (χ4v) is 2.03. The number of aromatic nitrogens is 2. The molecule has 2 aromatic rings. The molecule has 0 aliphatic heterocycles. The van der Waals surface area contributed by atoms with E-state index in [1.165, 1.54) is 4.68 Å². The zero-order chi connectivity index (χ0) is 15.2. The van der Waals surface area contributed by atoms with Crippen molar-refractivity contribution in [1.29, 1.82) is 0 Å². The Labute approximate surface area is 121 Å². The fraction of sp³-hybridized carbons (Fsp3) is 0.357. The van der Waals surface area contributed by atoms with Gasteiger partial charge in [0.25, 0.3) is 11.1 Å². The lowest BCUT2D eigenvalue weighted by molar-refractivity contribution is -0.121. The topological polar surface area (TPSA) is 96.0 Å². The quantitative estimate of drug-likeness (QED) is 0.620. The van der Waals surface area contributed by atoms with E-state index in [2.05, 4.69) is 15.7 Å². The summed E-state index contributed by atoms with van der Waals surface area (Å²) in [5, 5.41) is 8.85. The van der Waals surface area contributed by atoms with Gasteiger partial charge in [-0.2, -0.15) is 0 Å². The van der Waals surface area contributed by atoms with Crippen LogP contribution in [0.2, 0.25) is 0 Å². The van der Waals surface area contributed by atoms with Gasteiger partial charge in [-0.3, -0.25) is 19.5 Å². The summed E-state index contributed by atoms with van der Waals surface area (Å²) in [5.41, 5.74) is -0.631. The van der Waals surface area contributed by atoms with E-state index >= 15 is 0 Å². The number of H-pyrrole nitrogens is 1. The van der Waals surface area contributed by atoms with Crippen LogP contribution < -0.4 is 21.8 Å². The molecule has 0 saturated carbocycles.